The van der Waals surface area contributed by atoms with Gasteiger partial charge >= 0.3 is 0 Å². The highest BCUT2D eigenvalue weighted by Crippen LogP contribution is 2.30. The number of hydrogen-bond acceptors (Lipinski definition) is 3. The SMILES string of the molecule is CCc1ccc(N=C2NC(=O)/C(=C/c3cn(C)c4ccccc34)S2)cc1. The molecule has 4 nitrogen and oxygen atoms in total. The van der Waals surface area contributed by atoms with Gasteiger partial charge in [-0.3, -0.25) is 4.79 Å². The number of para-hydroxylation sites is 1. The fourth-order valence-electron chi connectivity index (χ4n) is 3.03. The molecule has 0 radical (unpaired) electrons. The van der Waals surface area contributed by atoms with E-state index in [1.165, 1.54) is 17.3 Å². The minimum absolute atomic E-state index is 0.105. The summed E-state index contributed by atoms with van der Waals surface area (Å²) in [6, 6.07) is 16.3. The molecule has 0 aliphatic carbocycles. The summed E-state index contributed by atoms with van der Waals surface area (Å²) in [7, 11) is 2.01. The van der Waals surface area contributed by atoms with E-state index in [0.717, 1.165) is 28.6 Å². The normalized spacial score (nSPS) is 17.4. The minimum Gasteiger partial charge on any atom is -0.350 e. The number of amides is 1. The highest BCUT2D eigenvalue weighted by Gasteiger charge is 2.24. The lowest BCUT2D eigenvalue weighted by Crippen LogP contribution is -2.19. The van der Waals surface area contributed by atoms with E-state index >= 15 is 0 Å². The van der Waals surface area contributed by atoms with Gasteiger partial charge < -0.3 is 9.88 Å². The van der Waals surface area contributed by atoms with Gasteiger partial charge in [0, 0.05) is 29.7 Å². The first kappa shape index (κ1) is 16.7. The quantitative estimate of drug-likeness (QED) is 0.691. The largest absolute Gasteiger partial charge is 0.350 e. The van der Waals surface area contributed by atoms with Gasteiger partial charge in [0.25, 0.3) is 5.91 Å². The third kappa shape index (κ3) is 3.18. The molecule has 5 heteroatoms. The van der Waals surface area contributed by atoms with Crippen LogP contribution in [-0.2, 0) is 18.3 Å². The molecular formula is C21H19N3OS. The summed E-state index contributed by atoms with van der Waals surface area (Å²) < 4.78 is 2.07. The average molecular weight is 361 g/mol. The number of fused-ring (bicyclic) bond motifs is 1. The number of nitrogens with one attached hydrogen (secondary N) is 1. The second-order valence-corrected chi connectivity index (χ2v) is 7.24. The molecule has 26 heavy (non-hydrogen) atoms. The number of carbonyl (C=O) groups is 1. The number of rotatable bonds is 3. The number of aromatic nitrogens is 1. The molecule has 0 spiro atoms. The van der Waals surface area contributed by atoms with Crippen molar-refractivity contribution >= 4 is 45.5 Å². The summed E-state index contributed by atoms with van der Waals surface area (Å²) in [6.07, 6.45) is 4.98. The molecule has 1 saturated heterocycles. The van der Waals surface area contributed by atoms with Gasteiger partial charge in [0.15, 0.2) is 5.17 Å². The van der Waals surface area contributed by atoms with Crippen molar-refractivity contribution in [3.05, 3.63) is 70.8 Å². The third-order valence-corrected chi connectivity index (χ3v) is 5.35. The number of aliphatic imine (C=N–C) groups is 1. The number of benzene rings is 2. The molecular weight excluding hydrogens is 342 g/mol. The molecule has 1 fully saturated rings. The Morgan fingerprint density at radius 3 is 2.69 bits per heavy atom. The van der Waals surface area contributed by atoms with Gasteiger partial charge in [-0.25, -0.2) is 4.99 Å². The van der Waals surface area contributed by atoms with E-state index in [-0.39, 0.29) is 5.91 Å². The Morgan fingerprint density at radius 2 is 1.92 bits per heavy atom. The molecule has 1 aliphatic rings. The summed E-state index contributed by atoms with van der Waals surface area (Å²) in [4.78, 5) is 17.5. The van der Waals surface area contributed by atoms with Crippen molar-refractivity contribution in [2.24, 2.45) is 12.0 Å². The zero-order valence-electron chi connectivity index (χ0n) is 14.7. The number of thioether (sulfide) groups is 1. The summed E-state index contributed by atoms with van der Waals surface area (Å²) in [5, 5.41) is 4.61. The Bertz CT molecular complexity index is 1040. The first-order valence-electron chi connectivity index (χ1n) is 8.56. The first-order chi connectivity index (χ1) is 12.6. The Morgan fingerprint density at radius 1 is 1.15 bits per heavy atom. The monoisotopic (exact) mass is 361 g/mol. The van der Waals surface area contributed by atoms with Gasteiger partial charge in [-0.2, -0.15) is 0 Å². The van der Waals surface area contributed by atoms with Gasteiger partial charge in [0.1, 0.15) is 0 Å². The molecule has 130 valence electrons. The van der Waals surface area contributed by atoms with Crippen LogP contribution in [0.4, 0.5) is 5.69 Å². The van der Waals surface area contributed by atoms with Crippen molar-refractivity contribution in [2.75, 3.05) is 0 Å². The number of nitrogens with zero attached hydrogens (tertiary/aromatic N) is 2. The van der Waals surface area contributed by atoms with E-state index in [1.54, 1.807) is 0 Å². The van der Waals surface area contributed by atoms with Crippen molar-refractivity contribution in [3.63, 3.8) is 0 Å². The van der Waals surface area contributed by atoms with Crippen LogP contribution in [0.25, 0.3) is 17.0 Å². The summed E-state index contributed by atoms with van der Waals surface area (Å²) in [6.45, 7) is 2.12. The van der Waals surface area contributed by atoms with Crippen LogP contribution in [0.5, 0.6) is 0 Å². The van der Waals surface area contributed by atoms with E-state index < -0.39 is 0 Å². The predicted molar refractivity (Wildman–Crippen MR) is 110 cm³/mol. The second-order valence-electron chi connectivity index (χ2n) is 6.21. The van der Waals surface area contributed by atoms with E-state index in [4.69, 9.17) is 0 Å². The van der Waals surface area contributed by atoms with Crippen LogP contribution in [0.3, 0.4) is 0 Å². The molecule has 3 aromatic rings. The molecule has 1 N–H and O–H groups in total. The maximum atomic E-state index is 12.3. The Hall–Kier alpha value is -2.79. The van der Waals surface area contributed by atoms with E-state index in [1.807, 2.05) is 43.6 Å². The fraction of sp³-hybridized carbons (Fsp3) is 0.143. The smallest absolute Gasteiger partial charge is 0.264 e. The number of hydrogen-bond donors (Lipinski definition) is 1. The topological polar surface area (TPSA) is 46.4 Å². The minimum atomic E-state index is -0.105. The molecule has 0 bridgehead atoms. The average Bonchev–Trinajstić information content (AvgIpc) is 3.16. The Kier molecular flexibility index (Phi) is 4.39. The standard InChI is InChI=1S/C21H19N3OS/c1-3-14-8-10-16(11-9-14)22-21-23-20(25)19(26-21)12-15-13-24(2)18-7-5-4-6-17(15)18/h4-13H,3H2,1-2H3,(H,22,23,25)/b19-12-. The molecule has 1 aliphatic heterocycles. The molecule has 1 amide bonds. The lowest BCUT2D eigenvalue weighted by Gasteiger charge is -1.98. The van der Waals surface area contributed by atoms with Crippen molar-refractivity contribution in [1.29, 1.82) is 0 Å². The molecule has 1 aromatic heterocycles. The Labute approximate surface area is 156 Å². The van der Waals surface area contributed by atoms with E-state index in [9.17, 15) is 4.79 Å². The second kappa shape index (κ2) is 6.84. The van der Waals surface area contributed by atoms with Crippen molar-refractivity contribution in [1.82, 2.24) is 9.88 Å². The van der Waals surface area contributed by atoms with E-state index in [0.29, 0.717) is 10.1 Å². The molecule has 2 aromatic carbocycles. The van der Waals surface area contributed by atoms with Crippen LogP contribution in [0.15, 0.2) is 64.6 Å². The zero-order valence-corrected chi connectivity index (χ0v) is 15.5. The maximum absolute atomic E-state index is 12.3. The van der Waals surface area contributed by atoms with Gasteiger partial charge in [0.2, 0.25) is 0 Å². The third-order valence-electron chi connectivity index (χ3n) is 4.44. The highest BCUT2D eigenvalue weighted by molar-refractivity contribution is 8.18. The van der Waals surface area contributed by atoms with Crippen LogP contribution in [0, 0.1) is 0 Å². The van der Waals surface area contributed by atoms with Crippen LogP contribution in [-0.4, -0.2) is 15.6 Å². The van der Waals surface area contributed by atoms with Crippen LogP contribution in [0.1, 0.15) is 18.1 Å². The molecule has 0 unspecified atom stereocenters. The van der Waals surface area contributed by atoms with Crippen LogP contribution in [0.2, 0.25) is 0 Å². The van der Waals surface area contributed by atoms with Crippen molar-refractivity contribution in [2.45, 2.75) is 13.3 Å². The van der Waals surface area contributed by atoms with Crippen LogP contribution < -0.4 is 5.32 Å². The lowest BCUT2D eigenvalue weighted by molar-refractivity contribution is -0.115. The molecule has 0 atom stereocenters. The van der Waals surface area contributed by atoms with Gasteiger partial charge in [-0.15, -0.1) is 0 Å². The van der Waals surface area contributed by atoms with E-state index in [2.05, 4.69) is 46.1 Å². The van der Waals surface area contributed by atoms with Crippen LogP contribution >= 0.6 is 11.8 Å². The fourth-order valence-corrected chi connectivity index (χ4v) is 3.87. The number of aryl methyl sites for hydroxylation is 2. The first-order valence-corrected chi connectivity index (χ1v) is 9.38. The van der Waals surface area contributed by atoms with Gasteiger partial charge in [0.05, 0.1) is 10.6 Å². The summed E-state index contributed by atoms with van der Waals surface area (Å²) in [5.41, 5.74) is 4.30. The van der Waals surface area contributed by atoms with Crippen molar-refractivity contribution < 1.29 is 4.79 Å². The Balaban J connectivity index is 1.62. The summed E-state index contributed by atoms with van der Waals surface area (Å²) in [5.74, 6) is -0.105. The van der Waals surface area contributed by atoms with Gasteiger partial charge in [-0.05, 0) is 48.0 Å². The van der Waals surface area contributed by atoms with Crippen molar-refractivity contribution in [3.8, 4) is 0 Å². The maximum Gasteiger partial charge on any atom is 0.264 e. The summed E-state index contributed by atoms with van der Waals surface area (Å²) >= 11 is 1.38. The zero-order chi connectivity index (χ0) is 18.1. The molecule has 2 heterocycles. The van der Waals surface area contributed by atoms with Gasteiger partial charge in [-0.1, -0.05) is 37.3 Å². The number of amidine groups is 1. The predicted octanol–water partition coefficient (Wildman–Crippen LogP) is 4.63. The lowest BCUT2D eigenvalue weighted by atomic mass is 10.1. The molecule has 4 rings (SSSR count). The highest BCUT2D eigenvalue weighted by atomic mass is 32.2. The molecule has 0 saturated carbocycles. The number of carbonyl (C=O) groups excluding carboxylic acids is 1.